The summed E-state index contributed by atoms with van der Waals surface area (Å²) in [6, 6.07) is 7.71. The van der Waals surface area contributed by atoms with Gasteiger partial charge >= 0.3 is 0 Å². The van der Waals surface area contributed by atoms with Gasteiger partial charge in [0, 0.05) is 11.4 Å². The third-order valence-electron chi connectivity index (χ3n) is 1.96. The van der Waals surface area contributed by atoms with E-state index in [2.05, 4.69) is 0 Å². The molecule has 0 heterocycles. The molecule has 0 aliphatic rings. The van der Waals surface area contributed by atoms with Crippen LogP contribution in [0.15, 0.2) is 24.3 Å². The van der Waals surface area contributed by atoms with Crippen LogP contribution in [0.1, 0.15) is 29.3 Å². The highest BCUT2D eigenvalue weighted by Gasteiger charge is 1.98. The minimum atomic E-state index is 0.115. The van der Waals surface area contributed by atoms with Gasteiger partial charge in [0.05, 0.1) is 0 Å². The van der Waals surface area contributed by atoms with E-state index in [9.17, 15) is 4.79 Å². The summed E-state index contributed by atoms with van der Waals surface area (Å²) in [4.78, 5) is 10.9. The lowest BCUT2D eigenvalue weighted by molar-refractivity contribution is 0.101. The van der Waals surface area contributed by atoms with Gasteiger partial charge in [-0.3, -0.25) is 4.79 Å². The fourth-order valence-corrected chi connectivity index (χ4v) is 1.31. The predicted octanol–water partition coefficient (Wildman–Crippen LogP) is 3.06. The van der Waals surface area contributed by atoms with Crippen LogP contribution in [0.5, 0.6) is 0 Å². The molecular formula is C11H13ClO. The van der Waals surface area contributed by atoms with E-state index < -0.39 is 0 Å². The first-order valence-corrected chi connectivity index (χ1v) is 4.93. The Labute approximate surface area is 83.7 Å². The van der Waals surface area contributed by atoms with Crippen LogP contribution in [0, 0.1) is 0 Å². The summed E-state index contributed by atoms with van der Waals surface area (Å²) in [5.41, 5.74) is 2.01. The number of ketones is 1. The van der Waals surface area contributed by atoms with Crippen LogP contribution in [-0.4, -0.2) is 11.7 Å². The number of rotatable bonds is 4. The molecular weight excluding hydrogens is 184 g/mol. The van der Waals surface area contributed by atoms with E-state index in [4.69, 9.17) is 11.6 Å². The molecule has 2 heteroatoms. The number of alkyl halides is 1. The summed E-state index contributed by atoms with van der Waals surface area (Å²) < 4.78 is 0. The Morgan fingerprint density at radius 2 is 1.92 bits per heavy atom. The molecule has 70 valence electrons. The van der Waals surface area contributed by atoms with Crippen LogP contribution in [0.4, 0.5) is 0 Å². The van der Waals surface area contributed by atoms with Gasteiger partial charge in [-0.1, -0.05) is 24.3 Å². The smallest absolute Gasteiger partial charge is 0.159 e. The van der Waals surface area contributed by atoms with Gasteiger partial charge in [0.1, 0.15) is 0 Å². The Morgan fingerprint density at radius 1 is 1.31 bits per heavy atom. The minimum absolute atomic E-state index is 0.115. The van der Waals surface area contributed by atoms with E-state index in [0.29, 0.717) is 5.88 Å². The Hall–Kier alpha value is -0.820. The summed E-state index contributed by atoms with van der Waals surface area (Å²) >= 11 is 5.58. The van der Waals surface area contributed by atoms with Crippen molar-refractivity contribution in [2.75, 3.05) is 5.88 Å². The molecule has 1 nitrogen and oxygen atoms in total. The maximum Gasteiger partial charge on any atom is 0.159 e. The highest BCUT2D eigenvalue weighted by Crippen LogP contribution is 2.07. The van der Waals surface area contributed by atoms with Gasteiger partial charge in [0.2, 0.25) is 0 Å². The van der Waals surface area contributed by atoms with Crippen LogP contribution in [0.25, 0.3) is 0 Å². The number of hydrogen-bond acceptors (Lipinski definition) is 1. The molecule has 13 heavy (non-hydrogen) atoms. The average molecular weight is 197 g/mol. The zero-order valence-corrected chi connectivity index (χ0v) is 8.47. The van der Waals surface area contributed by atoms with Crippen molar-refractivity contribution in [3.05, 3.63) is 35.4 Å². The highest BCUT2D eigenvalue weighted by molar-refractivity contribution is 6.17. The van der Waals surface area contributed by atoms with Crippen molar-refractivity contribution < 1.29 is 4.79 Å². The number of halogens is 1. The first kappa shape index (κ1) is 10.3. The van der Waals surface area contributed by atoms with Gasteiger partial charge in [-0.05, 0) is 25.3 Å². The average Bonchev–Trinajstić information content (AvgIpc) is 2.15. The van der Waals surface area contributed by atoms with Crippen molar-refractivity contribution in [1.29, 1.82) is 0 Å². The zero-order valence-electron chi connectivity index (χ0n) is 7.72. The monoisotopic (exact) mass is 196 g/mol. The first-order valence-electron chi connectivity index (χ1n) is 4.40. The van der Waals surface area contributed by atoms with Gasteiger partial charge < -0.3 is 0 Å². The molecule has 0 spiro atoms. The molecule has 1 aromatic rings. The van der Waals surface area contributed by atoms with E-state index in [-0.39, 0.29) is 5.78 Å². The number of hydrogen-bond donors (Lipinski definition) is 0. The Bertz CT molecular complexity index is 277. The molecule has 0 aliphatic heterocycles. The Kier molecular flexibility index (Phi) is 3.97. The van der Waals surface area contributed by atoms with Gasteiger partial charge in [-0.2, -0.15) is 0 Å². The third-order valence-corrected chi connectivity index (χ3v) is 2.23. The molecule has 0 fully saturated rings. The molecule has 1 rings (SSSR count). The summed E-state index contributed by atoms with van der Waals surface area (Å²) in [5.74, 6) is 0.804. The Morgan fingerprint density at radius 3 is 2.38 bits per heavy atom. The van der Waals surface area contributed by atoms with Crippen molar-refractivity contribution in [3.63, 3.8) is 0 Å². The first-order chi connectivity index (χ1) is 6.24. The van der Waals surface area contributed by atoms with Crippen LogP contribution in [0.2, 0.25) is 0 Å². The lowest BCUT2D eigenvalue weighted by Gasteiger charge is -2.00. The second-order valence-corrected chi connectivity index (χ2v) is 3.42. The largest absolute Gasteiger partial charge is 0.295 e. The molecule has 0 radical (unpaired) electrons. The van der Waals surface area contributed by atoms with Crippen LogP contribution in [0.3, 0.4) is 0 Å². The highest BCUT2D eigenvalue weighted by atomic mass is 35.5. The fourth-order valence-electron chi connectivity index (χ4n) is 1.18. The van der Waals surface area contributed by atoms with Gasteiger partial charge in [-0.25, -0.2) is 0 Å². The van der Waals surface area contributed by atoms with Gasteiger partial charge in [0.15, 0.2) is 5.78 Å². The molecule has 0 aliphatic carbocycles. The lowest BCUT2D eigenvalue weighted by atomic mass is 10.1. The molecule has 0 aromatic heterocycles. The SMILES string of the molecule is CC(=O)c1ccc(CCCCl)cc1. The van der Waals surface area contributed by atoms with Crippen molar-refractivity contribution in [2.45, 2.75) is 19.8 Å². The molecule has 1 aromatic carbocycles. The summed E-state index contributed by atoms with van der Waals surface area (Å²) in [6.07, 6.45) is 1.97. The fraction of sp³-hybridized carbons (Fsp3) is 0.364. The van der Waals surface area contributed by atoms with E-state index in [1.54, 1.807) is 6.92 Å². The van der Waals surface area contributed by atoms with Crippen molar-refractivity contribution in [1.82, 2.24) is 0 Å². The van der Waals surface area contributed by atoms with Crippen molar-refractivity contribution >= 4 is 17.4 Å². The second-order valence-electron chi connectivity index (χ2n) is 3.05. The number of carbonyl (C=O) groups is 1. The molecule has 0 N–H and O–H groups in total. The van der Waals surface area contributed by atoms with Crippen LogP contribution < -0.4 is 0 Å². The zero-order chi connectivity index (χ0) is 9.68. The van der Waals surface area contributed by atoms with E-state index in [1.165, 1.54) is 5.56 Å². The van der Waals surface area contributed by atoms with E-state index >= 15 is 0 Å². The lowest BCUT2D eigenvalue weighted by Crippen LogP contribution is -1.92. The van der Waals surface area contributed by atoms with E-state index in [1.807, 2.05) is 24.3 Å². The minimum Gasteiger partial charge on any atom is -0.295 e. The summed E-state index contributed by atoms with van der Waals surface area (Å²) in [6.45, 7) is 1.58. The molecule has 0 saturated heterocycles. The maximum absolute atomic E-state index is 10.9. The van der Waals surface area contributed by atoms with E-state index in [0.717, 1.165) is 18.4 Å². The van der Waals surface area contributed by atoms with Crippen LogP contribution in [-0.2, 0) is 6.42 Å². The van der Waals surface area contributed by atoms with Crippen LogP contribution >= 0.6 is 11.6 Å². The standard InChI is InChI=1S/C11H13ClO/c1-9(13)11-6-4-10(5-7-11)3-2-8-12/h4-7H,2-3,8H2,1H3. The van der Waals surface area contributed by atoms with Crippen molar-refractivity contribution in [2.24, 2.45) is 0 Å². The number of carbonyl (C=O) groups excluding carboxylic acids is 1. The molecule has 0 unspecified atom stereocenters. The third kappa shape index (κ3) is 3.19. The quantitative estimate of drug-likeness (QED) is 0.535. The predicted molar refractivity (Wildman–Crippen MR) is 55.5 cm³/mol. The number of benzene rings is 1. The topological polar surface area (TPSA) is 17.1 Å². The number of aryl methyl sites for hydroxylation is 1. The second kappa shape index (κ2) is 5.03. The Balaban J connectivity index is 2.64. The normalized spacial score (nSPS) is 10.0. The molecule has 0 amide bonds. The summed E-state index contributed by atoms with van der Waals surface area (Å²) in [7, 11) is 0. The molecule has 0 saturated carbocycles. The van der Waals surface area contributed by atoms with Gasteiger partial charge in [-0.15, -0.1) is 11.6 Å². The molecule has 0 bridgehead atoms. The summed E-state index contributed by atoms with van der Waals surface area (Å²) in [5, 5.41) is 0. The van der Waals surface area contributed by atoms with Crippen molar-refractivity contribution in [3.8, 4) is 0 Å². The number of Topliss-reactive ketones (excluding diaryl/α,β-unsaturated/α-hetero) is 1. The molecule has 0 atom stereocenters. The maximum atomic E-state index is 10.9. The van der Waals surface area contributed by atoms with Gasteiger partial charge in [0.25, 0.3) is 0 Å².